The molecule has 2 heteroatoms. The van der Waals surface area contributed by atoms with Crippen molar-refractivity contribution >= 4 is 5.69 Å². The molecule has 1 rings (SSSR count). The van der Waals surface area contributed by atoms with Crippen LogP contribution < -0.4 is 4.90 Å². The maximum atomic E-state index is 10.4. The highest BCUT2D eigenvalue weighted by molar-refractivity contribution is 5.49. The van der Waals surface area contributed by atoms with Crippen molar-refractivity contribution in [2.24, 2.45) is 0 Å². The summed E-state index contributed by atoms with van der Waals surface area (Å²) in [6.07, 6.45) is 7.37. The number of nitrogens with zero attached hydrogens (tertiary/aromatic N) is 1. The summed E-state index contributed by atoms with van der Waals surface area (Å²) in [5.74, 6) is 0. The van der Waals surface area contributed by atoms with Crippen molar-refractivity contribution in [1.82, 2.24) is 0 Å². The monoisotopic (exact) mass is 277 g/mol. The first-order valence-electron chi connectivity index (χ1n) is 8.26. The minimum atomic E-state index is -0.354. The highest BCUT2D eigenvalue weighted by Crippen LogP contribution is 2.21. The minimum Gasteiger partial charge on any atom is -0.374 e. The second-order valence-corrected chi connectivity index (χ2v) is 5.59. The van der Waals surface area contributed by atoms with E-state index in [0.29, 0.717) is 0 Å². The Hall–Kier alpha value is -1.02. The van der Waals surface area contributed by atoms with Crippen LogP contribution in [0.25, 0.3) is 0 Å². The number of hydrogen-bond acceptors (Lipinski definition) is 2. The summed E-state index contributed by atoms with van der Waals surface area (Å²) in [6, 6.07) is 8.70. The number of aryl methyl sites for hydroxylation is 1. The molecule has 1 unspecified atom stereocenters. The number of anilines is 1. The Morgan fingerprint density at radius 1 is 1.05 bits per heavy atom. The van der Waals surface area contributed by atoms with Gasteiger partial charge in [-0.1, -0.05) is 52.2 Å². The summed E-state index contributed by atoms with van der Waals surface area (Å²) in [4.78, 5) is 2.17. The Morgan fingerprint density at radius 3 is 2.45 bits per heavy atom. The van der Waals surface area contributed by atoms with Gasteiger partial charge in [0.05, 0.1) is 0 Å². The van der Waals surface area contributed by atoms with Crippen LogP contribution in [0, 0.1) is 0 Å². The zero-order valence-electron chi connectivity index (χ0n) is 13.4. The summed E-state index contributed by atoms with van der Waals surface area (Å²) < 4.78 is 0. The molecule has 1 aromatic rings. The number of rotatable bonds is 10. The van der Waals surface area contributed by atoms with Gasteiger partial charge < -0.3 is 10.0 Å². The van der Waals surface area contributed by atoms with Gasteiger partial charge in [-0.25, -0.2) is 0 Å². The van der Waals surface area contributed by atoms with E-state index >= 15 is 0 Å². The van der Waals surface area contributed by atoms with Gasteiger partial charge in [-0.2, -0.15) is 0 Å². The van der Waals surface area contributed by atoms with Gasteiger partial charge in [0.15, 0.2) is 0 Å². The van der Waals surface area contributed by atoms with Gasteiger partial charge in [0, 0.05) is 12.2 Å². The predicted molar refractivity (Wildman–Crippen MR) is 88.2 cm³/mol. The van der Waals surface area contributed by atoms with E-state index in [2.05, 4.69) is 49.9 Å². The molecule has 114 valence electrons. The molecule has 1 aromatic carbocycles. The lowest BCUT2D eigenvalue weighted by Crippen LogP contribution is -2.36. The number of aliphatic hydroxyl groups is 1. The fraction of sp³-hybridized carbons (Fsp3) is 0.667. The Labute approximate surface area is 124 Å². The Bertz CT molecular complexity index is 364. The van der Waals surface area contributed by atoms with Crippen molar-refractivity contribution in [3.8, 4) is 0 Å². The molecule has 0 saturated heterocycles. The number of hydrogen-bond donors (Lipinski definition) is 1. The van der Waals surface area contributed by atoms with Crippen LogP contribution in [0.2, 0.25) is 0 Å². The lowest BCUT2D eigenvalue weighted by Gasteiger charge is -2.30. The van der Waals surface area contributed by atoms with Gasteiger partial charge in [-0.05, 0) is 43.4 Å². The van der Waals surface area contributed by atoms with Crippen LogP contribution in [0.4, 0.5) is 5.69 Å². The maximum absolute atomic E-state index is 10.4. The summed E-state index contributed by atoms with van der Waals surface area (Å²) in [6.45, 7) is 7.48. The Morgan fingerprint density at radius 2 is 1.80 bits per heavy atom. The summed E-state index contributed by atoms with van der Waals surface area (Å²) in [5, 5.41) is 10.4. The quantitative estimate of drug-likeness (QED) is 0.624. The third-order valence-electron chi connectivity index (χ3n) is 3.72. The van der Waals surface area contributed by atoms with Crippen LogP contribution in [0.15, 0.2) is 24.3 Å². The molecule has 0 aliphatic rings. The van der Waals surface area contributed by atoms with E-state index < -0.39 is 0 Å². The first-order valence-corrected chi connectivity index (χ1v) is 8.26. The fourth-order valence-electron chi connectivity index (χ4n) is 2.46. The molecule has 2 nitrogen and oxygen atoms in total. The number of benzene rings is 1. The second-order valence-electron chi connectivity index (χ2n) is 5.59. The summed E-state index contributed by atoms with van der Waals surface area (Å²) in [7, 11) is 0. The molecular weight excluding hydrogens is 246 g/mol. The van der Waals surface area contributed by atoms with Crippen LogP contribution in [0.1, 0.15) is 64.9 Å². The Balaban J connectivity index is 2.82. The van der Waals surface area contributed by atoms with Crippen LogP contribution >= 0.6 is 0 Å². The molecular formula is C18H31NO. The lowest BCUT2D eigenvalue weighted by atomic mass is 10.1. The predicted octanol–water partition coefficient (Wildman–Crippen LogP) is 4.75. The van der Waals surface area contributed by atoms with Crippen molar-refractivity contribution < 1.29 is 5.11 Å². The van der Waals surface area contributed by atoms with Crippen LogP contribution in [-0.2, 0) is 6.42 Å². The normalized spacial score (nSPS) is 12.4. The zero-order valence-corrected chi connectivity index (χ0v) is 13.4. The van der Waals surface area contributed by atoms with Crippen molar-refractivity contribution in [3.63, 3.8) is 0 Å². The highest BCUT2D eigenvalue weighted by atomic mass is 16.3. The molecule has 0 aliphatic carbocycles. The number of aliphatic hydroxyl groups excluding tert-OH is 1. The first kappa shape index (κ1) is 17.0. The molecule has 0 aliphatic heterocycles. The third kappa shape index (κ3) is 5.54. The zero-order chi connectivity index (χ0) is 14.8. The van der Waals surface area contributed by atoms with Crippen molar-refractivity contribution in [2.75, 3.05) is 11.4 Å². The fourth-order valence-corrected chi connectivity index (χ4v) is 2.46. The number of unbranched alkanes of at least 4 members (excludes halogenated alkanes) is 2. The molecule has 20 heavy (non-hydrogen) atoms. The van der Waals surface area contributed by atoms with E-state index in [0.717, 1.165) is 38.6 Å². The van der Waals surface area contributed by atoms with Gasteiger partial charge in [0.2, 0.25) is 0 Å². The van der Waals surface area contributed by atoms with E-state index in [9.17, 15) is 5.11 Å². The van der Waals surface area contributed by atoms with E-state index in [1.54, 1.807) is 0 Å². The van der Waals surface area contributed by atoms with E-state index in [4.69, 9.17) is 0 Å². The van der Waals surface area contributed by atoms with E-state index in [1.807, 2.05) is 0 Å². The summed E-state index contributed by atoms with van der Waals surface area (Å²) >= 11 is 0. The Kier molecular flexibility index (Phi) is 8.36. The molecule has 0 amide bonds. The van der Waals surface area contributed by atoms with Crippen LogP contribution in [0.3, 0.4) is 0 Å². The van der Waals surface area contributed by atoms with Crippen LogP contribution in [-0.4, -0.2) is 17.9 Å². The smallest absolute Gasteiger partial charge is 0.126 e. The maximum Gasteiger partial charge on any atom is 0.126 e. The lowest BCUT2D eigenvalue weighted by molar-refractivity contribution is 0.157. The molecule has 0 heterocycles. The van der Waals surface area contributed by atoms with Gasteiger partial charge in [0.1, 0.15) is 6.23 Å². The molecule has 0 fully saturated rings. The van der Waals surface area contributed by atoms with E-state index in [1.165, 1.54) is 24.1 Å². The van der Waals surface area contributed by atoms with Crippen molar-refractivity contribution in [3.05, 3.63) is 29.8 Å². The van der Waals surface area contributed by atoms with Gasteiger partial charge in [-0.3, -0.25) is 0 Å². The molecule has 0 bridgehead atoms. The molecule has 0 aromatic heterocycles. The molecule has 0 saturated carbocycles. The third-order valence-corrected chi connectivity index (χ3v) is 3.72. The molecule has 0 radical (unpaired) electrons. The van der Waals surface area contributed by atoms with Crippen molar-refractivity contribution in [1.29, 1.82) is 0 Å². The highest BCUT2D eigenvalue weighted by Gasteiger charge is 2.15. The average molecular weight is 277 g/mol. The molecule has 0 spiro atoms. The summed E-state index contributed by atoms with van der Waals surface area (Å²) in [5.41, 5.74) is 2.56. The standard InChI is InChI=1S/C18H31NO/c1-4-7-11-16-12-9-13-17(15-16)19(14-8-5-2)18(20)10-6-3/h9,12-13,15,18,20H,4-8,10-11,14H2,1-3H3. The molecule has 1 atom stereocenters. The van der Waals surface area contributed by atoms with Crippen LogP contribution in [0.5, 0.6) is 0 Å². The first-order chi connectivity index (χ1) is 9.72. The molecule has 1 N–H and O–H groups in total. The van der Waals surface area contributed by atoms with E-state index in [-0.39, 0.29) is 6.23 Å². The minimum absolute atomic E-state index is 0.354. The second kappa shape index (κ2) is 9.82. The van der Waals surface area contributed by atoms with Gasteiger partial charge >= 0.3 is 0 Å². The SMILES string of the molecule is CCCCc1cccc(N(CCCC)C(O)CCC)c1. The van der Waals surface area contributed by atoms with Gasteiger partial charge in [-0.15, -0.1) is 0 Å². The van der Waals surface area contributed by atoms with Gasteiger partial charge in [0.25, 0.3) is 0 Å². The largest absolute Gasteiger partial charge is 0.374 e. The average Bonchev–Trinajstić information content (AvgIpc) is 2.46. The van der Waals surface area contributed by atoms with Crippen molar-refractivity contribution in [2.45, 2.75) is 71.9 Å². The topological polar surface area (TPSA) is 23.5 Å².